The quantitative estimate of drug-likeness (QED) is 0.425. The molecule has 0 unspecified atom stereocenters. The van der Waals surface area contributed by atoms with Gasteiger partial charge < -0.3 is 10.0 Å². The van der Waals surface area contributed by atoms with E-state index in [4.69, 9.17) is 19.6 Å². The Morgan fingerprint density at radius 3 is 2.65 bits per heavy atom. The molecule has 2 atom stereocenters. The SMILES string of the molecule is CNO.[3H]C.[C-]#[N+]C1=C[C@]2(C)c3nn(C)c(C#C)c3CC[C@H]2C(C)(C)C1=O. The molecule has 0 fully saturated rings. The molecule has 0 saturated heterocycles. The van der Waals surface area contributed by atoms with Crippen molar-refractivity contribution < 1.29 is 11.4 Å². The number of carbonyl (C=O) groups excluding carboxylic acids is 1. The number of hydrogen-bond donors (Lipinski definition) is 2. The van der Waals surface area contributed by atoms with Crippen LogP contribution in [0.3, 0.4) is 0 Å². The van der Waals surface area contributed by atoms with Crippen LogP contribution in [-0.4, -0.2) is 27.8 Å². The third-order valence-electron chi connectivity index (χ3n) is 5.45. The lowest BCUT2D eigenvalue weighted by Gasteiger charge is -2.49. The molecule has 1 aromatic heterocycles. The zero-order chi connectivity index (χ0) is 21.0. The Morgan fingerprint density at radius 1 is 1.58 bits per heavy atom. The summed E-state index contributed by atoms with van der Waals surface area (Å²) >= 11 is 0. The number of nitrogens with one attached hydrogen (secondary N) is 1. The van der Waals surface area contributed by atoms with E-state index in [1.54, 1.807) is 10.2 Å². The third-order valence-corrected chi connectivity index (χ3v) is 5.45. The number of rotatable bonds is 0. The fourth-order valence-corrected chi connectivity index (χ4v) is 4.37. The van der Waals surface area contributed by atoms with Crippen LogP contribution in [0.5, 0.6) is 0 Å². The van der Waals surface area contributed by atoms with E-state index in [1.165, 1.54) is 14.5 Å². The minimum Gasteiger partial charge on any atom is -0.317 e. The van der Waals surface area contributed by atoms with Crippen molar-refractivity contribution in [3.8, 4) is 12.3 Å². The van der Waals surface area contributed by atoms with Crippen molar-refractivity contribution in [1.29, 1.82) is 0 Å². The summed E-state index contributed by atoms with van der Waals surface area (Å²) < 4.78 is 7.49. The normalized spacial score (nSPS) is 25.4. The first kappa shape index (κ1) is 19.9. The summed E-state index contributed by atoms with van der Waals surface area (Å²) in [5.74, 6) is 2.80. The van der Waals surface area contributed by atoms with Crippen LogP contribution in [0.1, 0.15) is 52.9 Å². The average molecular weight is 358 g/mol. The van der Waals surface area contributed by atoms with Gasteiger partial charge in [-0.15, -0.1) is 6.42 Å². The van der Waals surface area contributed by atoms with Crippen LogP contribution >= 0.6 is 0 Å². The highest BCUT2D eigenvalue weighted by Crippen LogP contribution is 2.54. The second-order valence-electron chi connectivity index (χ2n) is 7.23. The molecule has 0 bridgehead atoms. The minimum absolute atomic E-state index is 0.0541. The Kier molecular flexibility index (Phi) is 5.71. The molecular weight excluding hydrogens is 328 g/mol. The van der Waals surface area contributed by atoms with Crippen LogP contribution in [0.2, 0.25) is 0 Å². The minimum atomic E-state index is -0.561. The maximum atomic E-state index is 12.6. The molecule has 140 valence electrons. The number of terminal acetylenes is 1. The van der Waals surface area contributed by atoms with Gasteiger partial charge in [-0.25, -0.2) is 10.3 Å². The monoisotopic (exact) mass is 358 g/mol. The van der Waals surface area contributed by atoms with Gasteiger partial charge in [-0.05, 0) is 18.8 Å². The Balaban J connectivity index is 0.000000665. The molecule has 0 saturated carbocycles. The van der Waals surface area contributed by atoms with Gasteiger partial charge >= 0.3 is 0 Å². The van der Waals surface area contributed by atoms with E-state index in [0.29, 0.717) is 0 Å². The van der Waals surface area contributed by atoms with Crippen LogP contribution in [0.15, 0.2) is 11.8 Å². The smallest absolute Gasteiger partial charge is 0.226 e. The Bertz CT molecular complexity index is 826. The zero-order valence-electron chi connectivity index (χ0n) is 17.3. The fourth-order valence-electron chi connectivity index (χ4n) is 4.37. The van der Waals surface area contributed by atoms with Gasteiger partial charge in [0, 0.05) is 31.9 Å². The summed E-state index contributed by atoms with van der Waals surface area (Å²) in [6, 6.07) is 0. The van der Waals surface area contributed by atoms with Crippen molar-refractivity contribution in [3.05, 3.63) is 40.1 Å². The highest BCUT2D eigenvalue weighted by Gasteiger charge is 2.55. The first-order valence-electron chi connectivity index (χ1n) is 9.17. The molecule has 6 heteroatoms. The van der Waals surface area contributed by atoms with Gasteiger partial charge in [-0.3, -0.25) is 4.68 Å². The molecule has 0 aliphatic heterocycles. The summed E-state index contributed by atoms with van der Waals surface area (Å²) in [7, 11) is 4.53. The van der Waals surface area contributed by atoms with E-state index < -0.39 is 10.8 Å². The van der Waals surface area contributed by atoms with Crippen molar-refractivity contribution in [1.82, 2.24) is 15.3 Å². The lowest BCUT2D eigenvalue weighted by Crippen LogP contribution is -2.50. The van der Waals surface area contributed by atoms with Crippen molar-refractivity contribution in [2.75, 3.05) is 7.05 Å². The average Bonchev–Trinajstić information content (AvgIpc) is 2.97. The molecule has 6 nitrogen and oxygen atoms in total. The molecule has 1 aromatic rings. The Morgan fingerprint density at radius 2 is 2.15 bits per heavy atom. The number of hydrogen-bond acceptors (Lipinski definition) is 4. The first-order valence-corrected chi connectivity index (χ1v) is 8.17. The number of aromatic nitrogens is 2. The highest BCUT2D eigenvalue weighted by molar-refractivity contribution is 6.02. The molecule has 0 amide bonds. The maximum Gasteiger partial charge on any atom is 0.226 e. The molecule has 1 heterocycles. The number of nitrogens with zero attached hydrogens (tertiary/aromatic N) is 3. The van der Waals surface area contributed by atoms with Gasteiger partial charge in [0.1, 0.15) is 5.69 Å². The summed E-state index contributed by atoms with van der Waals surface area (Å²) in [5.41, 5.74) is 3.83. The predicted molar refractivity (Wildman–Crippen MR) is 101 cm³/mol. The highest BCUT2D eigenvalue weighted by atomic mass is 16.5. The van der Waals surface area contributed by atoms with Crippen LogP contribution in [0.4, 0.5) is 0 Å². The number of ketones is 1. The molecule has 0 radical (unpaired) electrons. The van der Waals surface area contributed by atoms with Gasteiger partial charge in [0.25, 0.3) is 0 Å². The molecule has 2 N–H and O–H groups in total. The fraction of sp³-hybridized carbons (Fsp3) is 0.550. The number of allylic oxidation sites excluding steroid dienone is 2. The van der Waals surface area contributed by atoms with Gasteiger partial charge in [0.15, 0.2) is 5.78 Å². The number of Topliss-reactive ketones (excluding diaryl/α,β-unsaturated/α-hetero) is 1. The van der Waals surface area contributed by atoms with Crippen molar-refractivity contribution >= 4 is 5.78 Å². The summed E-state index contributed by atoms with van der Waals surface area (Å²) in [6.07, 6.45) is 9.17. The molecule has 26 heavy (non-hydrogen) atoms. The molecule has 0 spiro atoms. The second-order valence-corrected chi connectivity index (χ2v) is 7.23. The van der Waals surface area contributed by atoms with Gasteiger partial charge in [0.05, 0.1) is 12.3 Å². The lowest BCUT2D eigenvalue weighted by atomic mass is 9.53. The standard InChI is InChI=1S/C18H19N3O.CH5NO.CH4/c1-7-13-11-8-9-14-17(2,3)16(22)12(19-5)10-18(14,4)15(11)20-21(13)6;1-2-3;/h1,10,14H,8-9H2,2-4,6H3;2-3H,1H3;1H4/t14-,18-;;/m0../s1/i;;1T. The maximum absolute atomic E-state index is 12.6. The van der Waals surface area contributed by atoms with E-state index in [9.17, 15) is 4.79 Å². The van der Waals surface area contributed by atoms with E-state index in [-0.39, 0.29) is 17.4 Å². The van der Waals surface area contributed by atoms with Gasteiger partial charge in [-0.1, -0.05) is 40.2 Å². The zero-order valence-corrected chi connectivity index (χ0v) is 16.3. The molecule has 2 aliphatic rings. The third kappa shape index (κ3) is 2.96. The topological polar surface area (TPSA) is 71.5 Å². The summed E-state index contributed by atoms with van der Waals surface area (Å²) in [4.78, 5) is 16.0. The molecular formula is C20H28N4O2. The molecule has 0 aromatic carbocycles. The predicted octanol–water partition coefficient (Wildman–Crippen LogP) is 2.86. The van der Waals surface area contributed by atoms with E-state index in [1.807, 2.05) is 27.0 Å². The Hall–Kier alpha value is -2.41. The van der Waals surface area contributed by atoms with E-state index in [2.05, 4.69) is 22.8 Å². The number of aryl methyl sites for hydroxylation is 1. The second kappa shape index (κ2) is 7.45. The van der Waals surface area contributed by atoms with E-state index >= 15 is 0 Å². The molecule has 3 rings (SSSR count). The van der Waals surface area contributed by atoms with Crippen LogP contribution in [0, 0.1) is 30.2 Å². The van der Waals surface area contributed by atoms with Crippen LogP contribution in [-0.2, 0) is 23.7 Å². The van der Waals surface area contributed by atoms with Crippen molar-refractivity contribution in [2.45, 2.75) is 46.4 Å². The number of fused-ring (bicyclic) bond motifs is 3. The summed E-state index contributed by atoms with van der Waals surface area (Å²) in [5, 5.41) is 12.0. The first-order chi connectivity index (χ1) is 12.7. The number of hydroxylamine groups is 1. The van der Waals surface area contributed by atoms with Crippen LogP contribution in [0.25, 0.3) is 4.85 Å². The lowest BCUT2D eigenvalue weighted by molar-refractivity contribution is -0.128. The Labute approximate surface area is 157 Å². The van der Waals surface area contributed by atoms with Crippen molar-refractivity contribution in [2.24, 2.45) is 18.4 Å². The summed E-state index contributed by atoms with van der Waals surface area (Å²) in [6.45, 7) is 13.3. The van der Waals surface area contributed by atoms with Crippen molar-refractivity contribution in [3.63, 3.8) is 0 Å². The molecule has 2 aliphatic carbocycles. The van der Waals surface area contributed by atoms with Gasteiger partial charge in [-0.2, -0.15) is 5.10 Å². The van der Waals surface area contributed by atoms with Crippen LogP contribution < -0.4 is 5.48 Å². The van der Waals surface area contributed by atoms with E-state index in [0.717, 1.165) is 29.8 Å². The largest absolute Gasteiger partial charge is 0.317 e. The van der Waals surface area contributed by atoms with Gasteiger partial charge in [0.2, 0.25) is 5.70 Å². The number of carbonyl (C=O) groups is 1.